The number of aromatic nitrogens is 1. The lowest BCUT2D eigenvalue weighted by Crippen LogP contribution is -2.16. The summed E-state index contributed by atoms with van der Waals surface area (Å²) in [6.45, 7) is 6.39. The molecule has 1 aromatic carbocycles. The standard InChI is InChI=1S/C16H19BrN2S/c1-10-7-11(2)15(12(3)8-10)14(18)9-20-16-13(17)5-4-6-19-16/h4-8,14H,9,18H2,1-3H3. The average molecular weight is 351 g/mol. The summed E-state index contributed by atoms with van der Waals surface area (Å²) in [5.74, 6) is 0.820. The lowest BCUT2D eigenvalue weighted by atomic mass is 9.95. The maximum Gasteiger partial charge on any atom is 0.110 e. The fourth-order valence-electron chi connectivity index (χ4n) is 2.51. The Morgan fingerprint density at radius 1 is 1.25 bits per heavy atom. The monoisotopic (exact) mass is 350 g/mol. The van der Waals surface area contributed by atoms with E-state index in [1.807, 2.05) is 12.1 Å². The number of halogens is 1. The number of thioether (sulfide) groups is 1. The first-order chi connectivity index (χ1) is 9.49. The van der Waals surface area contributed by atoms with Gasteiger partial charge in [-0.1, -0.05) is 17.7 Å². The van der Waals surface area contributed by atoms with E-state index in [4.69, 9.17) is 5.73 Å². The van der Waals surface area contributed by atoms with Gasteiger partial charge in [0.2, 0.25) is 0 Å². The van der Waals surface area contributed by atoms with Crippen LogP contribution in [0.2, 0.25) is 0 Å². The Bertz CT molecular complexity index is 590. The number of nitrogens with zero attached hydrogens (tertiary/aromatic N) is 1. The Morgan fingerprint density at radius 3 is 2.50 bits per heavy atom. The third kappa shape index (κ3) is 3.62. The van der Waals surface area contributed by atoms with Crippen molar-refractivity contribution in [3.63, 3.8) is 0 Å². The van der Waals surface area contributed by atoms with E-state index in [2.05, 4.69) is 53.8 Å². The minimum atomic E-state index is 0.0227. The number of benzene rings is 1. The van der Waals surface area contributed by atoms with Crippen LogP contribution in [0.25, 0.3) is 0 Å². The smallest absolute Gasteiger partial charge is 0.110 e. The molecule has 0 fully saturated rings. The van der Waals surface area contributed by atoms with E-state index in [0.717, 1.165) is 15.3 Å². The Morgan fingerprint density at radius 2 is 1.90 bits per heavy atom. The third-order valence-corrected chi connectivity index (χ3v) is 5.26. The van der Waals surface area contributed by atoms with Crippen LogP contribution < -0.4 is 5.73 Å². The molecular weight excluding hydrogens is 332 g/mol. The molecule has 1 aromatic heterocycles. The van der Waals surface area contributed by atoms with Gasteiger partial charge in [-0.3, -0.25) is 0 Å². The van der Waals surface area contributed by atoms with Crippen LogP contribution in [0.1, 0.15) is 28.3 Å². The first-order valence-corrected chi connectivity index (χ1v) is 8.33. The van der Waals surface area contributed by atoms with E-state index in [0.29, 0.717) is 0 Å². The van der Waals surface area contributed by atoms with Gasteiger partial charge in [0.15, 0.2) is 0 Å². The summed E-state index contributed by atoms with van der Waals surface area (Å²) in [6.07, 6.45) is 1.81. The molecule has 0 aliphatic heterocycles. The van der Waals surface area contributed by atoms with Crippen molar-refractivity contribution in [1.82, 2.24) is 4.98 Å². The van der Waals surface area contributed by atoms with Gasteiger partial charge in [0.05, 0.1) is 0 Å². The van der Waals surface area contributed by atoms with E-state index in [-0.39, 0.29) is 6.04 Å². The zero-order chi connectivity index (χ0) is 14.7. The molecule has 2 aromatic rings. The quantitative estimate of drug-likeness (QED) is 0.821. The van der Waals surface area contributed by atoms with Crippen LogP contribution in [0, 0.1) is 20.8 Å². The summed E-state index contributed by atoms with van der Waals surface area (Å²) in [5, 5.41) is 0.991. The highest BCUT2D eigenvalue weighted by molar-refractivity contribution is 9.10. The molecule has 1 unspecified atom stereocenters. The lowest BCUT2D eigenvalue weighted by Gasteiger charge is -2.18. The fourth-order valence-corrected chi connectivity index (χ4v) is 3.95. The highest BCUT2D eigenvalue weighted by Gasteiger charge is 2.14. The fraction of sp³-hybridized carbons (Fsp3) is 0.312. The number of hydrogen-bond acceptors (Lipinski definition) is 3. The Kier molecular flexibility index (Phi) is 5.24. The molecule has 0 aliphatic rings. The van der Waals surface area contributed by atoms with Gasteiger partial charge in [-0.2, -0.15) is 0 Å². The van der Waals surface area contributed by atoms with E-state index in [9.17, 15) is 0 Å². The van der Waals surface area contributed by atoms with Crippen molar-refractivity contribution < 1.29 is 0 Å². The molecule has 2 N–H and O–H groups in total. The van der Waals surface area contributed by atoms with Crippen LogP contribution in [0.15, 0.2) is 40.0 Å². The van der Waals surface area contributed by atoms with Gasteiger partial charge < -0.3 is 5.73 Å². The summed E-state index contributed by atoms with van der Waals surface area (Å²) in [6, 6.07) is 8.34. The van der Waals surface area contributed by atoms with E-state index in [1.165, 1.54) is 22.3 Å². The van der Waals surface area contributed by atoms with Gasteiger partial charge in [0, 0.05) is 22.5 Å². The van der Waals surface area contributed by atoms with Crippen LogP contribution in [0.3, 0.4) is 0 Å². The largest absolute Gasteiger partial charge is 0.323 e. The van der Waals surface area contributed by atoms with Crippen LogP contribution in [0.5, 0.6) is 0 Å². The third-order valence-electron chi connectivity index (χ3n) is 3.23. The van der Waals surface area contributed by atoms with Gasteiger partial charge in [-0.05, 0) is 65.5 Å². The van der Waals surface area contributed by atoms with Gasteiger partial charge in [-0.15, -0.1) is 11.8 Å². The highest BCUT2D eigenvalue weighted by atomic mass is 79.9. The lowest BCUT2D eigenvalue weighted by molar-refractivity contribution is 0.811. The number of aryl methyl sites for hydroxylation is 3. The Hall–Kier alpha value is -0.840. The Balaban J connectivity index is 2.13. The minimum absolute atomic E-state index is 0.0227. The number of pyridine rings is 1. The van der Waals surface area contributed by atoms with Gasteiger partial charge in [0.25, 0.3) is 0 Å². The van der Waals surface area contributed by atoms with Crippen LogP contribution in [0.4, 0.5) is 0 Å². The SMILES string of the molecule is Cc1cc(C)c(C(N)CSc2ncccc2Br)c(C)c1. The molecule has 0 spiro atoms. The molecule has 20 heavy (non-hydrogen) atoms. The molecule has 0 saturated heterocycles. The molecule has 0 radical (unpaired) electrons. The van der Waals surface area contributed by atoms with Crippen LogP contribution in [-0.2, 0) is 0 Å². The second-order valence-electron chi connectivity index (χ2n) is 5.02. The van der Waals surface area contributed by atoms with Crippen LogP contribution >= 0.6 is 27.7 Å². The predicted molar refractivity (Wildman–Crippen MR) is 90.2 cm³/mol. The Labute approximate surface area is 133 Å². The number of hydrogen-bond donors (Lipinski definition) is 1. The predicted octanol–water partition coefficient (Wildman–Crippen LogP) is 4.56. The van der Waals surface area contributed by atoms with Crippen molar-refractivity contribution in [3.8, 4) is 0 Å². The van der Waals surface area contributed by atoms with Gasteiger partial charge >= 0.3 is 0 Å². The van der Waals surface area contributed by atoms with Crippen molar-refractivity contribution in [2.24, 2.45) is 5.73 Å². The van der Waals surface area contributed by atoms with Crippen molar-refractivity contribution in [1.29, 1.82) is 0 Å². The maximum absolute atomic E-state index is 6.38. The summed E-state index contributed by atoms with van der Waals surface area (Å²) in [7, 11) is 0. The number of nitrogens with two attached hydrogens (primary N) is 1. The molecule has 1 atom stereocenters. The van der Waals surface area contributed by atoms with Crippen LogP contribution in [-0.4, -0.2) is 10.7 Å². The molecule has 2 rings (SSSR count). The van der Waals surface area contributed by atoms with E-state index in [1.54, 1.807) is 18.0 Å². The second kappa shape index (κ2) is 6.74. The summed E-state index contributed by atoms with van der Waals surface area (Å²) in [4.78, 5) is 4.36. The first kappa shape index (κ1) is 15.5. The zero-order valence-electron chi connectivity index (χ0n) is 12.0. The number of rotatable bonds is 4. The van der Waals surface area contributed by atoms with E-state index < -0.39 is 0 Å². The minimum Gasteiger partial charge on any atom is -0.323 e. The zero-order valence-corrected chi connectivity index (χ0v) is 14.4. The summed E-state index contributed by atoms with van der Waals surface area (Å²) in [5.41, 5.74) is 11.5. The molecular formula is C16H19BrN2S. The highest BCUT2D eigenvalue weighted by Crippen LogP contribution is 2.30. The molecule has 1 heterocycles. The molecule has 4 heteroatoms. The molecule has 106 valence electrons. The second-order valence-corrected chi connectivity index (χ2v) is 6.88. The molecule has 2 nitrogen and oxygen atoms in total. The van der Waals surface area contributed by atoms with Gasteiger partial charge in [-0.25, -0.2) is 4.98 Å². The van der Waals surface area contributed by atoms with Crippen molar-refractivity contribution in [3.05, 3.63) is 57.2 Å². The molecule has 0 aliphatic carbocycles. The molecule has 0 bridgehead atoms. The topological polar surface area (TPSA) is 38.9 Å². The average Bonchev–Trinajstić information content (AvgIpc) is 2.36. The van der Waals surface area contributed by atoms with Crippen molar-refractivity contribution >= 4 is 27.7 Å². The maximum atomic E-state index is 6.38. The van der Waals surface area contributed by atoms with E-state index >= 15 is 0 Å². The molecule has 0 amide bonds. The van der Waals surface area contributed by atoms with Crippen molar-refractivity contribution in [2.45, 2.75) is 31.8 Å². The summed E-state index contributed by atoms with van der Waals surface area (Å²) < 4.78 is 1.02. The summed E-state index contributed by atoms with van der Waals surface area (Å²) >= 11 is 5.21. The normalized spacial score (nSPS) is 12.4. The van der Waals surface area contributed by atoms with Crippen molar-refractivity contribution in [2.75, 3.05) is 5.75 Å². The first-order valence-electron chi connectivity index (χ1n) is 6.55. The molecule has 0 saturated carbocycles. The van der Waals surface area contributed by atoms with Gasteiger partial charge in [0.1, 0.15) is 5.03 Å².